The van der Waals surface area contributed by atoms with Crippen molar-refractivity contribution in [3.8, 4) is 11.1 Å². The van der Waals surface area contributed by atoms with E-state index in [1.807, 2.05) is 0 Å². The van der Waals surface area contributed by atoms with Gasteiger partial charge in [0.05, 0.1) is 5.41 Å². The van der Waals surface area contributed by atoms with Gasteiger partial charge in [-0.05, 0) is 79.3 Å². The summed E-state index contributed by atoms with van der Waals surface area (Å²) in [5.41, 5.74) is 13.9. The summed E-state index contributed by atoms with van der Waals surface area (Å²) in [6.45, 7) is 14.1. The number of allylic oxidation sites excluding steroid dienone is 4. The zero-order valence-corrected chi connectivity index (χ0v) is 29.5. The first-order valence-electron chi connectivity index (χ1n) is 14.4. The molecule has 0 saturated carbocycles. The van der Waals surface area contributed by atoms with E-state index in [2.05, 4.69) is 151 Å². The molecule has 42 heavy (non-hydrogen) atoms. The van der Waals surface area contributed by atoms with Gasteiger partial charge < -0.3 is 24.8 Å². The molecule has 0 radical (unpaired) electrons. The third-order valence-corrected chi connectivity index (χ3v) is 8.79. The Bertz CT molecular complexity index is 1560. The first-order chi connectivity index (χ1) is 18.6. The van der Waals surface area contributed by atoms with Crippen LogP contribution in [0.1, 0.15) is 86.9 Å². The maximum absolute atomic E-state index is 2.47. The monoisotopic (exact) mass is 668 g/mol. The molecule has 0 fully saturated rings. The zero-order chi connectivity index (χ0) is 27.4. The van der Waals surface area contributed by atoms with E-state index in [0.29, 0.717) is 0 Å². The van der Waals surface area contributed by atoms with Gasteiger partial charge >= 0.3 is 26.2 Å². The third-order valence-electron chi connectivity index (χ3n) is 8.79. The Morgan fingerprint density at radius 2 is 1.17 bits per heavy atom. The Morgan fingerprint density at radius 3 is 1.67 bits per heavy atom. The topological polar surface area (TPSA) is 0 Å². The molecule has 2 aliphatic carbocycles. The van der Waals surface area contributed by atoms with Crippen molar-refractivity contribution in [2.24, 2.45) is 0 Å². The van der Waals surface area contributed by atoms with Crippen LogP contribution in [0.3, 0.4) is 0 Å². The number of fused-ring (bicyclic) bond motifs is 3. The summed E-state index contributed by atoms with van der Waals surface area (Å²) in [7, 11) is 0. The van der Waals surface area contributed by atoms with Gasteiger partial charge in [-0.3, -0.25) is 0 Å². The number of hydrogen-bond donors (Lipinski definition) is 0. The van der Waals surface area contributed by atoms with Crippen LogP contribution >= 0.6 is 0 Å². The summed E-state index contributed by atoms with van der Waals surface area (Å²) >= 11 is 0. The minimum atomic E-state index is -0.380. The smallest absolute Gasteiger partial charge is 1.00 e. The Hall–Kier alpha value is -2.18. The largest absolute Gasteiger partial charge is 2.00 e. The first-order valence-corrected chi connectivity index (χ1v) is 14.4. The van der Waals surface area contributed by atoms with Gasteiger partial charge in [0.25, 0.3) is 0 Å². The maximum Gasteiger partial charge on any atom is 2.00 e. The van der Waals surface area contributed by atoms with Crippen molar-refractivity contribution in [2.45, 2.75) is 70.6 Å². The molecule has 0 heterocycles. The van der Waals surface area contributed by atoms with Gasteiger partial charge in [-0.15, -0.1) is 0 Å². The first kappa shape index (κ1) is 34.3. The molecular weight excluding hydrogens is 631 g/mol. The molecular formula is C39H40Cl2Zr. The van der Waals surface area contributed by atoms with Gasteiger partial charge in [0.2, 0.25) is 0 Å². The van der Waals surface area contributed by atoms with Crippen molar-refractivity contribution in [3.63, 3.8) is 0 Å². The summed E-state index contributed by atoms with van der Waals surface area (Å²) in [4.78, 5) is 0. The number of hydrogen-bond acceptors (Lipinski definition) is 0. The molecule has 2 aliphatic rings. The van der Waals surface area contributed by atoms with Crippen LogP contribution in [0.5, 0.6) is 0 Å². The minimum absolute atomic E-state index is 0. The average Bonchev–Trinajstić information content (AvgIpc) is 3.58. The molecule has 214 valence electrons. The third kappa shape index (κ3) is 5.70. The van der Waals surface area contributed by atoms with Crippen LogP contribution in [0.15, 0.2) is 115 Å². The fourth-order valence-electron chi connectivity index (χ4n) is 6.89. The summed E-state index contributed by atoms with van der Waals surface area (Å²) in [6, 6.07) is 34.5. The van der Waals surface area contributed by atoms with Crippen molar-refractivity contribution in [2.75, 3.05) is 0 Å². The van der Waals surface area contributed by atoms with Crippen LogP contribution in [0.25, 0.3) is 11.1 Å². The fraction of sp³-hybridized carbons (Fsp3) is 0.282. The molecule has 4 aromatic carbocycles. The van der Waals surface area contributed by atoms with Crippen molar-refractivity contribution in [1.82, 2.24) is 0 Å². The molecule has 3 heteroatoms. The van der Waals surface area contributed by atoms with E-state index in [1.54, 1.807) is 0 Å². The normalized spacial score (nSPS) is 13.7. The van der Waals surface area contributed by atoms with Gasteiger partial charge in [0.1, 0.15) is 0 Å². The SMILES string of the molecule is CC(C)(C)c1ccc2c(c1)Cc1c-2ccc(C(C)(C)C)c1C(C1=CC=CC1)(c1ccccc1)c1ccccc1.[Cl-].[Cl-].[Zr+2]. The van der Waals surface area contributed by atoms with Crippen LogP contribution in [-0.4, -0.2) is 0 Å². The van der Waals surface area contributed by atoms with E-state index in [4.69, 9.17) is 0 Å². The Morgan fingerprint density at radius 1 is 0.595 bits per heavy atom. The molecule has 0 atom stereocenters. The van der Waals surface area contributed by atoms with E-state index in [-0.39, 0.29) is 67.3 Å². The van der Waals surface area contributed by atoms with Gasteiger partial charge in [-0.1, -0.05) is 151 Å². The van der Waals surface area contributed by atoms with Crippen LogP contribution in [-0.2, 0) is 48.9 Å². The predicted octanol–water partition coefficient (Wildman–Crippen LogP) is 4.08. The van der Waals surface area contributed by atoms with Gasteiger partial charge in [-0.25, -0.2) is 0 Å². The molecule has 0 bridgehead atoms. The molecule has 0 aliphatic heterocycles. The minimum Gasteiger partial charge on any atom is -1.00 e. The second-order valence-electron chi connectivity index (χ2n) is 13.4. The van der Waals surface area contributed by atoms with E-state index in [9.17, 15) is 0 Å². The van der Waals surface area contributed by atoms with E-state index >= 15 is 0 Å². The fourth-order valence-corrected chi connectivity index (χ4v) is 6.89. The molecule has 0 unspecified atom stereocenters. The molecule has 0 amide bonds. The standard InChI is InChI=1S/C39H40.2ClH.Zr/c1-37(2,3)31-21-22-32-27(25-31)26-34-33(32)23-24-35(38(4,5)6)36(34)39(30-19-13-14-20-30,28-15-9-7-10-16-28)29-17-11-8-12-18-29;;;/h7-19,21-25H,20,26H2,1-6H3;2*1H;/q;;;+2/p-2. The van der Waals surface area contributed by atoms with Crippen LogP contribution in [0, 0.1) is 0 Å². The number of benzene rings is 4. The van der Waals surface area contributed by atoms with Crippen molar-refractivity contribution >= 4 is 0 Å². The quantitative estimate of drug-likeness (QED) is 0.253. The second-order valence-corrected chi connectivity index (χ2v) is 13.4. The van der Waals surface area contributed by atoms with Gasteiger partial charge in [0.15, 0.2) is 0 Å². The summed E-state index contributed by atoms with van der Waals surface area (Å²) in [5, 5.41) is 0. The zero-order valence-electron chi connectivity index (χ0n) is 25.6. The number of halogens is 2. The van der Waals surface area contributed by atoms with Crippen molar-refractivity contribution in [3.05, 3.63) is 154 Å². The molecule has 4 aromatic rings. The van der Waals surface area contributed by atoms with E-state index in [1.165, 1.54) is 55.6 Å². The molecule has 6 rings (SSSR count). The predicted molar refractivity (Wildman–Crippen MR) is 167 cm³/mol. The second kappa shape index (κ2) is 12.8. The summed E-state index contributed by atoms with van der Waals surface area (Å²) < 4.78 is 0. The molecule has 0 saturated heterocycles. The van der Waals surface area contributed by atoms with Crippen molar-refractivity contribution < 1.29 is 51.0 Å². The van der Waals surface area contributed by atoms with Crippen LogP contribution < -0.4 is 24.8 Å². The Kier molecular flexibility index (Phi) is 10.5. The van der Waals surface area contributed by atoms with E-state index in [0.717, 1.165) is 12.8 Å². The molecule has 0 aromatic heterocycles. The summed E-state index contributed by atoms with van der Waals surface area (Å²) in [6.07, 6.45) is 8.88. The average molecular weight is 671 g/mol. The Balaban J connectivity index is 0.00000161. The molecule has 0 N–H and O–H groups in total. The van der Waals surface area contributed by atoms with E-state index < -0.39 is 0 Å². The van der Waals surface area contributed by atoms with Gasteiger partial charge in [-0.2, -0.15) is 0 Å². The van der Waals surface area contributed by atoms with Crippen LogP contribution in [0.4, 0.5) is 0 Å². The van der Waals surface area contributed by atoms with Crippen LogP contribution in [0.2, 0.25) is 0 Å². The Labute approximate surface area is 284 Å². The summed E-state index contributed by atoms with van der Waals surface area (Å²) in [5.74, 6) is 0. The molecule has 0 nitrogen and oxygen atoms in total. The van der Waals surface area contributed by atoms with Crippen molar-refractivity contribution in [1.29, 1.82) is 0 Å². The van der Waals surface area contributed by atoms with Gasteiger partial charge in [0, 0.05) is 0 Å². The maximum atomic E-state index is 2.47. The molecule has 0 spiro atoms. The number of rotatable bonds is 4.